The smallest absolute Gasteiger partial charge is 0.339 e. The largest absolute Gasteiger partial charge is 0.478 e. The minimum atomic E-state index is -1.05. The number of carboxylic acids is 1. The zero-order valence-corrected chi connectivity index (χ0v) is 9.19. The molecule has 0 aromatic heterocycles. The summed E-state index contributed by atoms with van der Waals surface area (Å²) in [6, 6.07) is 4.56. The number of hydrogen-bond acceptors (Lipinski definition) is 3. The maximum atomic E-state index is 11.2. The number of halogens is 1. The molecule has 0 aliphatic rings. The van der Waals surface area contributed by atoms with Crippen molar-refractivity contribution in [1.29, 1.82) is 0 Å². The molecule has 84 valence electrons. The molecular weight excluding hydrogens is 232 g/mol. The first-order chi connectivity index (χ1) is 7.54. The first-order valence-corrected chi connectivity index (χ1v) is 4.71. The maximum Gasteiger partial charge on any atom is 0.339 e. The average molecular weight is 241 g/mol. The Labute approximate surface area is 97.1 Å². The summed E-state index contributed by atoms with van der Waals surface area (Å²) in [5.41, 5.74) is 0.844. The van der Waals surface area contributed by atoms with Crippen molar-refractivity contribution in [3.63, 3.8) is 0 Å². The van der Waals surface area contributed by atoms with Crippen LogP contribution in [-0.2, 0) is 9.53 Å². The molecule has 0 heterocycles. The second-order valence-electron chi connectivity index (χ2n) is 2.90. The molecule has 0 atom stereocenters. The monoisotopic (exact) mass is 240 g/mol. The fraction of sp³-hybridized carbons (Fsp3) is 0.0909. The van der Waals surface area contributed by atoms with Crippen LogP contribution >= 0.6 is 11.6 Å². The van der Waals surface area contributed by atoms with Crippen LogP contribution < -0.4 is 0 Å². The van der Waals surface area contributed by atoms with Crippen molar-refractivity contribution < 1.29 is 19.4 Å². The van der Waals surface area contributed by atoms with E-state index in [0.717, 1.165) is 6.08 Å². The van der Waals surface area contributed by atoms with Crippen molar-refractivity contribution >= 4 is 29.6 Å². The van der Waals surface area contributed by atoms with E-state index < -0.39 is 11.9 Å². The third-order valence-corrected chi connectivity index (χ3v) is 2.13. The van der Waals surface area contributed by atoms with Gasteiger partial charge in [0.25, 0.3) is 0 Å². The quantitative estimate of drug-likeness (QED) is 0.650. The van der Waals surface area contributed by atoms with Crippen LogP contribution in [0.4, 0.5) is 0 Å². The van der Waals surface area contributed by atoms with Gasteiger partial charge in [0.15, 0.2) is 0 Å². The van der Waals surface area contributed by atoms with Gasteiger partial charge in [0.2, 0.25) is 0 Å². The van der Waals surface area contributed by atoms with Gasteiger partial charge in [-0.2, -0.15) is 0 Å². The van der Waals surface area contributed by atoms with Gasteiger partial charge in [0, 0.05) is 6.08 Å². The van der Waals surface area contributed by atoms with Gasteiger partial charge in [-0.25, -0.2) is 9.59 Å². The molecule has 0 saturated heterocycles. The number of carbonyl (C=O) groups excluding carboxylic acids is 1. The van der Waals surface area contributed by atoms with E-state index in [-0.39, 0.29) is 10.6 Å². The van der Waals surface area contributed by atoms with E-state index in [1.807, 2.05) is 0 Å². The Bertz CT molecular complexity index is 451. The van der Waals surface area contributed by atoms with Crippen molar-refractivity contribution in [1.82, 2.24) is 0 Å². The molecule has 0 amide bonds. The molecule has 1 aromatic carbocycles. The Balaban J connectivity index is 2.99. The molecule has 0 aliphatic carbocycles. The van der Waals surface area contributed by atoms with E-state index in [1.165, 1.54) is 25.3 Å². The topological polar surface area (TPSA) is 63.6 Å². The van der Waals surface area contributed by atoms with E-state index in [9.17, 15) is 9.59 Å². The first-order valence-electron chi connectivity index (χ1n) is 4.33. The number of esters is 1. The summed E-state index contributed by atoms with van der Waals surface area (Å²) in [7, 11) is 1.26. The summed E-state index contributed by atoms with van der Waals surface area (Å²) < 4.78 is 4.52. The van der Waals surface area contributed by atoms with Gasteiger partial charge in [0.05, 0.1) is 17.7 Å². The minimum Gasteiger partial charge on any atom is -0.478 e. The normalized spacial score (nSPS) is 10.4. The van der Waals surface area contributed by atoms with E-state index >= 15 is 0 Å². The Kier molecular flexibility index (Phi) is 4.08. The molecule has 0 saturated carbocycles. The Morgan fingerprint density at radius 3 is 2.62 bits per heavy atom. The second kappa shape index (κ2) is 5.32. The van der Waals surface area contributed by atoms with Gasteiger partial charge >= 0.3 is 11.9 Å². The second-order valence-corrected chi connectivity index (χ2v) is 3.31. The molecule has 0 radical (unpaired) electrons. The molecule has 5 heteroatoms. The summed E-state index contributed by atoms with van der Waals surface area (Å²) in [6.07, 6.45) is 2.37. The molecule has 0 fully saturated rings. The lowest BCUT2D eigenvalue weighted by atomic mass is 10.1. The fourth-order valence-corrected chi connectivity index (χ4v) is 1.34. The first kappa shape index (κ1) is 12.3. The highest BCUT2D eigenvalue weighted by molar-refractivity contribution is 6.33. The van der Waals surface area contributed by atoms with Gasteiger partial charge in [-0.05, 0) is 23.8 Å². The Morgan fingerprint density at radius 2 is 2.12 bits per heavy atom. The van der Waals surface area contributed by atoms with Crippen molar-refractivity contribution in [2.45, 2.75) is 0 Å². The maximum absolute atomic E-state index is 11.2. The SMILES string of the molecule is COC(=O)c1ccc(C=CC(=O)O)cc1Cl. The molecule has 1 N–H and O–H groups in total. The average Bonchev–Trinajstić information content (AvgIpc) is 2.25. The summed E-state index contributed by atoms with van der Waals surface area (Å²) in [6.45, 7) is 0. The number of aliphatic carboxylic acids is 1. The number of rotatable bonds is 3. The minimum absolute atomic E-state index is 0.222. The van der Waals surface area contributed by atoms with Gasteiger partial charge in [0.1, 0.15) is 0 Å². The molecule has 0 bridgehead atoms. The molecule has 0 unspecified atom stereocenters. The fourth-order valence-electron chi connectivity index (χ4n) is 1.08. The van der Waals surface area contributed by atoms with Crippen molar-refractivity contribution in [3.8, 4) is 0 Å². The summed E-state index contributed by atoms with van der Waals surface area (Å²) in [5, 5.41) is 8.65. The standard InChI is InChI=1S/C11H9ClO4/c1-16-11(15)8-4-2-7(6-9(8)12)3-5-10(13)14/h2-6H,1H3,(H,13,14). The lowest BCUT2D eigenvalue weighted by molar-refractivity contribution is -0.131. The van der Waals surface area contributed by atoms with Gasteiger partial charge in [-0.15, -0.1) is 0 Å². The summed E-state index contributed by atoms with van der Waals surface area (Å²) in [4.78, 5) is 21.5. The van der Waals surface area contributed by atoms with Crippen LogP contribution in [0.3, 0.4) is 0 Å². The van der Waals surface area contributed by atoms with Crippen LogP contribution in [0.2, 0.25) is 5.02 Å². The van der Waals surface area contributed by atoms with Crippen LogP contribution in [-0.4, -0.2) is 24.2 Å². The number of ether oxygens (including phenoxy) is 1. The van der Waals surface area contributed by atoms with Crippen LogP contribution in [0.5, 0.6) is 0 Å². The van der Waals surface area contributed by atoms with Crippen LogP contribution in [0.15, 0.2) is 24.3 Å². The van der Waals surface area contributed by atoms with E-state index in [4.69, 9.17) is 16.7 Å². The third-order valence-electron chi connectivity index (χ3n) is 1.82. The van der Waals surface area contributed by atoms with Crippen molar-refractivity contribution in [2.75, 3.05) is 7.11 Å². The highest BCUT2D eigenvalue weighted by Crippen LogP contribution is 2.19. The predicted octanol–water partition coefficient (Wildman–Crippen LogP) is 2.22. The summed E-state index contributed by atoms with van der Waals surface area (Å²) >= 11 is 5.84. The van der Waals surface area contributed by atoms with Gasteiger partial charge in [-0.3, -0.25) is 0 Å². The van der Waals surface area contributed by atoms with Crippen molar-refractivity contribution in [2.24, 2.45) is 0 Å². The number of carboxylic acid groups (broad SMARTS) is 1. The highest BCUT2D eigenvalue weighted by Gasteiger charge is 2.09. The molecule has 4 nitrogen and oxygen atoms in total. The van der Waals surface area contributed by atoms with Crippen LogP contribution in [0, 0.1) is 0 Å². The zero-order valence-electron chi connectivity index (χ0n) is 8.44. The molecular formula is C11H9ClO4. The number of benzene rings is 1. The van der Waals surface area contributed by atoms with Crippen LogP contribution in [0.25, 0.3) is 6.08 Å². The lowest BCUT2D eigenvalue weighted by Gasteiger charge is -2.02. The highest BCUT2D eigenvalue weighted by atomic mass is 35.5. The number of methoxy groups -OCH3 is 1. The van der Waals surface area contributed by atoms with Crippen molar-refractivity contribution in [3.05, 3.63) is 40.4 Å². The summed E-state index contributed by atoms with van der Waals surface area (Å²) in [5.74, 6) is -1.58. The van der Waals surface area contributed by atoms with E-state index in [2.05, 4.69) is 4.74 Å². The van der Waals surface area contributed by atoms with Crippen LogP contribution in [0.1, 0.15) is 15.9 Å². The lowest BCUT2D eigenvalue weighted by Crippen LogP contribution is -2.01. The predicted molar refractivity (Wildman–Crippen MR) is 59.5 cm³/mol. The molecule has 1 aromatic rings. The molecule has 0 aliphatic heterocycles. The van der Waals surface area contributed by atoms with E-state index in [1.54, 1.807) is 6.07 Å². The van der Waals surface area contributed by atoms with Gasteiger partial charge < -0.3 is 9.84 Å². The number of carbonyl (C=O) groups is 2. The zero-order chi connectivity index (χ0) is 12.1. The molecule has 0 spiro atoms. The molecule has 16 heavy (non-hydrogen) atoms. The Morgan fingerprint density at radius 1 is 1.44 bits per heavy atom. The van der Waals surface area contributed by atoms with Gasteiger partial charge in [-0.1, -0.05) is 17.7 Å². The Hall–Kier alpha value is -1.81. The molecule has 1 rings (SSSR count). The van der Waals surface area contributed by atoms with E-state index in [0.29, 0.717) is 5.56 Å². The number of hydrogen-bond donors (Lipinski definition) is 1. The third kappa shape index (κ3) is 3.10.